The zero-order valence-corrected chi connectivity index (χ0v) is 12.7. The van der Waals surface area contributed by atoms with Crippen LogP contribution < -0.4 is 16.0 Å². The zero-order chi connectivity index (χ0) is 16.7. The van der Waals surface area contributed by atoms with Crippen molar-refractivity contribution in [3.05, 3.63) is 42.7 Å². The number of carboxylic acid groups (broad SMARTS) is 1. The quantitative estimate of drug-likeness (QED) is 0.617. The minimum atomic E-state index is -1.17. The first-order chi connectivity index (χ1) is 11.6. The third kappa shape index (κ3) is 2.29. The Labute approximate surface area is 137 Å². The smallest absolute Gasteiger partial charge is 0.242 e. The van der Waals surface area contributed by atoms with Crippen molar-refractivity contribution in [2.45, 2.75) is 6.42 Å². The molecular weight excluding hydrogens is 308 g/mol. The molecule has 2 bridgehead atoms. The minimum Gasteiger partial charge on any atom is -0.550 e. The lowest BCUT2D eigenvalue weighted by atomic mass is 9.82. The first kappa shape index (κ1) is 14.6. The average molecular weight is 323 g/mol. The molecule has 7 heteroatoms. The lowest BCUT2D eigenvalue weighted by Crippen LogP contribution is -2.46. The normalized spacial score (nSPS) is 27.3. The van der Waals surface area contributed by atoms with Crippen molar-refractivity contribution in [3.8, 4) is 0 Å². The average Bonchev–Trinajstić information content (AvgIpc) is 3.20. The highest BCUT2D eigenvalue weighted by molar-refractivity contribution is 5.91. The maximum Gasteiger partial charge on any atom is 0.242 e. The molecule has 1 fully saturated rings. The van der Waals surface area contributed by atoms with Gasteiger partial charge in [0.05, 0.1) is 11.4 Å². The summed E-state index contributed by atoms with van der Waals surface area (Å²) in [5, 5.41) is 12.2. The van der Waals surface area contributed by atoms with Gasteiger partial charge in [-0.05, 0) is 30.4 Å². The molecule has 122 valence electrons. The van der Waals surface area contributed by atoms with Gasteiger partial charge in [-0.1, -0.05) is 24.3 Å². The molecular formula is C17H15N4O3-. The van der Waals surface area contributed by atoms with E-state index in [1.54, 1.807) is 0 Å². The van der Waals surface area contributed by atoms with Gasteiger partial charge in [0.15, 0.2) is 5.82 Å². The number of anilines is 1. The van der Waals surface area contributed by atoms with Gasteiger partial charge >= 0.3 is 0 Å². The molecule has 2 aromatic rings. The van der Waals surface area contributed by atoms with Crippen molar-refractivity contribution in [2.24, 2.45) is 23.7 Å². The van der Waals surface area contributed by atoms with Crippen molar-refractivity contribution >= 4 is 28.6 Å². The Kier molecular flexibility index (Phi) is 3.41. The highest BCUT2D eigenvalue weighted by Gasteiger charge is 2.48. The molecule has 0 unspecified atom stereocenters. The van der Waals surface area contributed by atoms with Crippen molar-refractivity contribution in [3.63, 3.8) is 0 Å². The van der Waals surface area contributed by atoms with Gasteiger partial charge in [-0.2, -0.15) is 0 Å². The van der Waals surface area contributed by atoms with Crippen molar-refractivity contribution < 1.29 is 14.7 Å². The number of para-hydroxylation sites is 1. The number of allylic oxidation sites excluding steroid dienone is 2. The third-order valence-electron chi connectivity index (χ3n) is 4.88. The molecule has 1 aromatic carbocycles. The number of amides is 1. The van der Waals surface area contributed by atoms with E-state index in [1.807, 2.05) is 36.4 Å². The molecule has 0 radical (unpaired) electrons. The Balaban J connectivity index is 1.52. The van der Waals surface area contributed by atoms with Crippen LogP contribution in [-0.2, 0) is 9.59 Å². The summed E-state index contributed by atoms with van der Waals surface area (Å²) in [4.78, 5) is 32.2. The summed E-state index contributed by atoms with van der Waals surface area (Å²) in [6.45, 7) is 0. The Bertz CT molecular complexity index is 845. The summed E-state index contributed by atoms with van der Waals surface area (Å²) in [5.74, 6) is -2.62. The molecule has 2 aliphatic carbocycles. The van der Waals surface area contributed by atoms with Gasteiger partial charge in [0.1, 0.15) is 6.33 Å². The lowest BCUT2D eigenvalue weighted by Gasteiger charge is -2.27. The van der Waals surface area contributed by atoms with Crippen molar-refractivity contribution in [2.75, 3.05) is 5.43 Å². The maximum atomic E-state index is 12.5. The van der Waals surface area contributed by atoms with Crippen molar-refractivity contribution in [1.29, 1.82) is 0 Å². The Hall–Kier alpha value is -2.96. The van der Waals surface area contributed by atoms with E-state index in [0.717, 1.165) is 10.9 Å². The number of carbonyl (C=O) groups is 2. The number of nitrogens with zero attached hydrogens (tertiary/aromatic N) is 2. The van der Waals surface area contributed by atoms with E-state index in [2.05, 4.69) is 20.8 Å². The van der Waals surface area contributed by atoms with E-state index in [0.29, 0.717) is 12.2 Å². The number of hydrazine groups is 1. The van der Waals surface area contributed by atoms with Crippen LogP contribution in [0.2, 0.25) is 0 Å². The molecule has 1 saturated carbocycles. The Morgan fingerprint density at radius 1 is 1.08 bits per heavy atom. The highest BCUT2D eigenvalue weighted by Crippen LogP contribution is 2.47. The number of benzene rings is 1. The molecule has 0 aliphatic heterocycles. The Morgan fingerprint density at radius 2 is 1.83 bits per heavy atom. The number of rotatable bonds is 4. The number of fused-ring (bicyclic) bond motifs is 3. The number of aromatic nitrogens is 2. The number of hydrogen-bond acceptors (Lipinski definition) is 6. The van der Waals surface area contributed by atoms with Crippen LogP contribution in [0.25, 0.3) is 10.9 Å². The van der Waals surface area contributed by atoms with Crippen LogP contribution in [0, 0.1) is 23.7 Å². The highest BCUT2D eigenvalue weighted by atomic mass is 16.4. The van der Waals surface area contributed by atoms with E-state index in [9.17, 15) is 14.7 Å². The van der Waals surface area contributed by atoms with Crippen LogP contribution in [0.3, 0.4) is 0 Å². The topological polar surface area (TPSA) is 107 Å². The SMILES string of the molecule is O=C([O-])[C@@H]1[C@H](C(=O)NNc2ncnc3ccccc23)[C@@H]2C=C[C@H]1C2. The predicted molar refractivity (Wildman–Crippen MR) is 84.0 cm³/mol. The van der Waals surface area contributed by atoms with E-state index >= 15 is 0 Å². The second-order valence-electron chi connectivity index (χ2n) is 6.17. The van der Waals surface area contributed by atoms with Crippen LogP contribution in [0.4, 0.5) is 5.82 Å². The molecule has 4 atom stereocenters. The summed E-state index contributed by atoms with van der Waals surface area (Å²) >= 11 is 0. The summed E-state index contributed by atoms with van der Waals surface area (Å²) in [7, 11) is 0. The molecule has 24 heavy (non-hydrogen) atoms. The monoisotopic (exact) mass is 323 g/mol. The predicted octanol–water partition coefficient (Wildman–Crippen LogP) is 0.261. The first-order valence-corrected chi connectivity index (χ1v) is 7.80. The van der Waals surface area contributed by atoms with Gasteiger partial charge in [-0.3, -0.25) is 15.6 Å². The number of hydrogen-bond donors (Lipinski definition) is 2. The number of carbonyl (C=O) groups excluding carboxylic acids is 2. The van der Waals surface area contributed by atoms with Gasteiger partial charge < -0.3 is 9.90 Å². The summed E-state index contributed by atoms with van der Waals surface area (Å²) in [6.07, 6.45) is 5.89. The van der Waals surface area contributed by atoms with Gasteiger partial charge in [-0.15, -0.1) is 0 Å². The molecule has 1 amide bonds. The standard InChI is InChI=1S/C17H16N4O3/c22-16(13-9-5-6-10(7-9)14(13)17(23)24)21-20-15-11-3-1-2-4-12(11)18-8-19-15/h1-6,8-10,13-14H,7H2,(H,21,22)(H,23,24)(H,18,19,20)/p-1/t9-,10+,13-,14+/m1/s1. The molecule has 0 spiro atoms. The second kappa shape index (κ2) is 5.59. The minimum absolute atomic E-state index is 0.0538. The molecule has 7 nitrogen and oxygen atoms in total. The molecule has 1 heterocycles. The van der Waals surface area contributed by atoms with Crippen LogP contribution in [-0.4, -0.2) is 21.8 Å². The second-order valence-corrected chi connectivity index (χ2v) is 6.17. The zero-order valence-electron chi connectivity index (χ0n) is 12.7. The van der Waals surface area contributed by atoms with Crippen LogP contribution in [0.1, 0.15) is 6.42 Å². The summed E-state index contributed by atoms with van der Waals surface area (Å²) in [5.41, 5.74) is 6.14. The Morgan fingerprint density at radius 3 is 2.62 bits per heavy atom. The maximum absolute atomic E-state index is 12.5. The molecule has 2 N–H and O–H groups in total. The van der Waals surface area contributed by atoms with E-state index in [1.165, 1.54) is 6.33 Å². The third-order valence-corrected chi connectivity index (χ3v) is 4.88. The lowest BCUT2D eigenvalue weighted by molar-refractivity contribution is -0.313. The summed E-state index contributed by atoms with van der Waals surface area (Å²) in [6, 6.07) is 7.40. The fraction of sp³-hybridized carbons (Fsp3) is 0.294. The molecule has 2 aliphatic rings. The fourth-order valence-corrected chi connectivity index (χ4v) is 3.81. The fourth-order valence-electron chi connectivity index (χ4n) is 3.81. The summed E-state index contributed by atoms with van der Waals surface area (Å²) < 4.78 is 0. The first-order valence-electron chi connectivity index (χ1n) is 7.80. The number of carboxylic acids is 1. The molecule has 1 aromatic heterocycles. The largest absolute Gasteiger partial charge is 0.550 e. The number of nitrogens with one attached hydrogen (secondary N) is 2. The van der Waals surface area contributed by atoms with Crippen LogP contribution >= 0.6 is 0 Å². The van der Waals surface area contributed by atoms with E-state index in [4.69, 9.17) is 0 Å². The van der Waals surface area contributed by atoms with Gasteiger partial charge in [-0.25, -0.2) is 9.97 Å². The van der Waals surface area contributed by atoms with Gasteiger partial charge in [0.2, 0.25) is 5.91 Å². The number of aliphatic carboxylic acids is 1. The van der Waals surface area contributed by atoms with Crippen LogP contribution in [0.15, 0.2) is 42.7 Å². The molecule has 0 saturated heterocycles. The van der Waals surface area contributed by atoms with E-state index < -0.39 is 17.8 Å². The van der Waals surface area contributed by atoms with Crippen LogP contribution in [0.5, 0.6) is 0 Å². The van der Waals surface area contributed by atoms with E-state index in [-0.39, 0.29) is 17.7 Å². The van der Waals surface area contributed by atoms with Crippen molar-refractivity contribution in [1.82, 2.24) is 15.4 Å². The van der Waals surface area contributed by atoms with Gasteiger partial charge in [0.25, 0.3) is 0 Å². The van der Waals surface area contributed by atoms with Gasteiger partial charge in [0, 0.05) is 17.3 Å². The molecule has 4 rings (SSSR count).